The number of aliphatic hydroxyl groups is 1. The highest BCUT2D eigenvalue weighted by molar-refractivity contribution is 5.15. The molecule has 0 aliphatic rings. The van der Waals surface area contributed by atoms with Crippen LogP contribution >= 0.6 is 0 Å². The first-order chi connectivity index (χ1) is 5.06. The Morgan fingerprint density at radius 3 is 2.45 bits per heavy atom. The van der Waals surface area contributed by atoms with E-state index in [0.29, 0.717) is 6.42 Å². The third-order valence-corrected chi connectivity index (χ3v) is 1.33. The smallest absolute Gasteiger partial charge is 0.0763 e. The summed E-state index contributed by atoms with van der Waals surface area (Å²) < 4.78 is 0. The number of allylic oxidation sites excluding steroid dienone is 2. The standard InChI is InChI=1S/C10H16O/c1-5-9(4)7-10(11)6-8(2)3/h5,7,10-11H,1-2,6H2,3-4H3/b9-7-. The molecule has 0 amide bonds. The molecule has 1 heteroatoms. The highest BCUT2D eigenvalue weighted by Gasteiger charge is 1.98. The Bertz CT molecular complexity index is 177. The monoisotopic (exact) mass is 152 g/mol. The van der Waals surface area contributed by atoms with Gasteiger partial charge in [-0.25, -0.2) is 0 Å². The first-order valence-corrected chi connectivity index (χ1v) is 3.69. The second-order valence-corrected chi connectivity index (χ2v) is 2.84. The molecule has 0 radical (unpaired) electrons. The summed E-state index contributed by atoms with van der Waals surface area (Å²) in [6, 6.07) is 0. The van der Waals surface area contributed by atoms with Gasteiger partial charge in [-0.1, -0.05) is 29.9 Å². The molecule has 0 aromatic rings. The van der Waals surface area contributed by atoms with Crippen LogP contribution in [0.4, 0.5) is 0 Å². The van der Waals surface area contributed by atoms with Gasteiger partial charge >= 0.3 is 0 Å². The summed E-state index contributed by atoms with van der Waals surface area (Å²) in [6.45, 7) is 11.1. The van der Waals surface area contributed by atoms with Crippen LogP contribution in [0, 0.1) is 0 Å². The van der Waals surface area contributed by atoms with Crippen LogP contribution in [0.25, 0.3) is 0 Å². The SMILES string of the molecule is C=C/C(C)=C\C(O)CC(=C)C. The number of aliphatic hydroxyl groups excluding tert-OH is 1. The molecule has 0 aliphatic carbocycles. The highest BCUT2D eigenvalue weighted by atomic mass is 16.3. The van der Waals surface area contributed by atoms with Gasteiger partial charge in [-0.05, 0) is 20.3 Å². The topological polar surface area (TPSA) is 20.2 Å². The fourth-order valence-corrected chi connectivity index (χ4v) is 0.787. The van der Waals surface area contributed by atoms with Gasteiger partial charge in [0.15, 0.2) is 0 Å². The Morgan fingerprint density at radius 2 is 2.09 bits per heavy atom. The van der Waals surface area contributed by atoms with E-state index in [-0.39, 0.29) is 0 Å². The van der Waals surface area contributed by atoms with E-state index in [4.69, 9.17) is 0 Å². The molecule has 0 spiro atoms. The average Bonchev–Trinajstić information content (AvgIpc) is 1.85. The Kier molecular flexibility index (Phi) is 4.55. The van der Waals surface area contributed by atoms with Gasteiger partial charge in [0.2, 0.25) is 0 Å². The predicted molar refractivity (Wildman–Crippen MR) is 49.4 cm³/mol. The molecule has 0 heterocycles. The average molecular weight is 152 g/mol. The molecular formula is C10H16O. The Morgan fingerprint density at radius 1 is 1.55 bits per heavy atom. The van der Waals surface area contributed by atoms with Crippen molar-refractivity contribution < 1.29 is 5.11 Å². The maximum absolute atomic E-state index is 9.34. The summed E-state index contributed by atoms with van der Waals surface area (Å²) in [6.07, 6.45) is 3.72. The van der Waals surface area contributed by atoms with Gasteiger partial charge in [-0.2, -0.15) is 0 Å². The third kappa shape index (κ3) is 5.62. The summed E-state index contributed by atoms with van der Waals surface area (Å²) in [4.78, 5) is 0. The molecule has 1 N–H and O–H groups in total. The molecule has 0 aromatic heterocycles. The van der Waals surface area contributed by atoms with E-state index in [2.05, 4.69) is 13.2 Å². The molecule has 0 rings (SSSR count). The third-order valence-electron chi connectivity index (χ3n) is 1.33. The van der Waals surface area contributed by atoms with Crippen LogP contribution in [0.1, 0.15) is 20.3 Å². The minimum Gasteiger partial charge on any atom is -0.389 e. The van der Waals surface area contributed by atoms with Gasteiger partial charge in [0, 0.05) is 0 Å². The lowest BCUT2D eigenvalue weighted by Gasteiger charge is -2.04. The fourth-order valence-electron chi connectivity index (χ4n) is 0.787. The van der Waals surface area contributed by atoms with Gasteiger partial charge in [0.05, 0.1) is 6.10 Å². The summed E-state index contributed by atoms with van der Waals surface area (Å²) in [5, 5.41) is 9.34. The number of rotatable bonds is 4. The van der Waals surface area contributed by atoms with Crippen molar-refractivity contribution in [1.29, 1.82) is 0 Å². The first-order valence-electron chi connectivity index (χ1n) is 3.69. The van der Waals surface area contributed by atoms with Crippen molar-refractivity contribution in [2.24, 2.45) is 0 Å². The van der Waals surface area contributed by atoms with Gasteiger partial charge < -0.3 is 5.11 Å². The van der Waals surface area contributed by atoms with Crippen LogP contribution in [-0.4, -0.2) is 11.2 Å². The highest BCUT2D eigenvalue weighted by Crippen LogP contribution is 2.05. The van der Waals surface area contributed by atoms with E-state index >= 15 is 0 Å². The minimum atomic E-state index is -0.412. The van der Waals surface area contributed by atoms with Crippen molar-refractivity contribution in [1.82, 2.24) is 0 Å². The van der Waals surface area contributed by atoms with Crippen LogP contribution in [0.3, 0.4) is 0 Å². The zero-order chi connectivity index (χ0) is 8.85. The molecule has 1 atom stereocenters. The predicted octanol–water partition coefficient (Wildman–Crippen LogP) is 2.45. The normalized spacial score (nSPS) is 14.3. The van der Waals surface area contributed by atoms with Gasteiger partial charge in [-0.15, -0.1) is 6.58 Å². The van der Waals surface area contributed by atoms with E-state index in [0.717, 1.165) is 11.1 Å². The van der Waals surface area contributed by atoms with Crippen LogP contribution in [0.15, 0.2) is 36.5 Å². The van der Waals surface area contributed by atoms with E-state index in [9.17, 15) is 5.11 Å². The summed E-state index contributed by atoms with van der Waals surface area (Å²) in [7, 11) is 0. The first kappa shape index (κ1) is 10.2. The lowest BCUT2D eigenvalue weighted by atomic mass is 10.1. The second kappa shape index (κ2) is 4.91. The zero-order valence-corrected chi connectivity index (χ0v) is 7.30. The van der Waals surface area contributed by atoms with E-state index in [1.54, 1.807) is 12.2 Å². The van der Waals surface area contributed by atoms with Crippen molar-refractivity contribution in [3.63, 3.8) is 0 Å². The summed E-state index contributed by atoms with van der Waals surface area (Å²) >= 11 is 0. The fraction of sp³-hybridized carbons (Fsp3) is 0.400. The number of hydrogen-bond donors (Lipinski definition) is 1. The lowest BCUT2D eigenvalue weighted by molar-refractivity contribution is 0.223. The molecule has 0 fully saturated rings. The van der Waals surface area contributed by atoms with Crippen LogP contribution in [0.5, 0.6) is 0 Å². The molecule has 0 aliphatic heterocycles. The van der Waals surface area contributed by atoms with Gasteiger partial charge in [0.1, 0.15) is 0 Å². The Balaban J connectivity index is 3.95. The Hall–Kier alpha value is -0.820. The van der Waals surface area contributed by atoms with Crippen LogP contribution in [0.2, 0.25) is 0 Å². The molecule has 0 aromatic carbocycles. The van der Waals surface area contributed by atoms with Crippen molar-refractivity contribution in [3.05, 3.63) is 36.5 Å². The van der Waals surface area contributed by atoms with Gasteiger partial charge in [0.25, 0.3) is 0 Å². The lowest BCUT2D eigenvalue weighted by Crippen LogP contribution is -2.02. The maximum atomic E-state index is 9.34. The largest absolute Gasteiger partial charge is 0.389 e. The Labute approximate surface area is 68.7 Å². The number of hydrogen-bond acceptors (Lipinski definition) is 1. The quantitative estimate of drug-likeness (QED) is 0.484. The molecule has 0 bridgehead atoms. The molecular weight excluding hydrogens is 136 g/mol. The van der Waals surface area contributed by atoms with Crippen molar-refractivity contribution >= 4 is 0 Å². The van der Waals surface area contributed by atoms with Gasteiger partial charge in [-0.3, -0.25) is 0 Å². The minimum absolute atomic E-state index is 0.412. The molecule has 0 saturated carbocycles. The maximum Gasteiger partial charge on any atom is 0.0763 e. The summed E-state index contributed by atoms with van der Waals surface area (Å²) in [5.74, 6) is 0. The molecule has 1 nitrogen and oxygen atoms in total. The van der Waals surface area contributed by atoms with E-state index < -0.39 is 6.10 Å². The molecule has 0 saturated heterocycles. The second-order valence-electron chi connectivity index (χ2n) is 2.84. The van der Waals surface area contributed by atoms with Crippen molar-refractivity contribution in [3.8, 4) is 0 Å². The van der Waals surface area contributed by atoms with Crippen molar-refractivity contribution in [2.45, 2.75) is 26.4 Å². The van der Waals surface area contributed by atoms with Crippen LogP contribution < -0.4 is 0 Å². The summed E-state index contributed by atoms with van der Waals surface area (Å²) in [5.41, 5.74) is 1.99. The molecule has 1 unspecified atom stereocenters. The van der Waals surface area contributed by atoms with E-state index in [1.807, 2.05) is 13.8 Å². The van der Waals surface area contributed by atoms with Crippen molar-refractivity contribution in [2.75, 3.05) is 0 Å². The zero-order valence-electron chi connectivity index (χ0n) is 7.30. The molecule has 11 heavy (non-hydrogen) atoms. The molecule has 62 valence electrons. The van der Waals surface area contributed by atoms with Crippen LogP contribution in [-0.2, 0) is 0 Å². The van der Waals surface area contributed by atoms with E-state index in [1.165, 1.54) is 0 Å².